The molecule has 0 N–H and O–H groups in total. The van der Waals surface area contributed by atoms with Crippen molar-refractivity contribution in [2.75, 3.05) is 5.75 Å². The van der Waals surface area contributed by atoms with Gasteiger partial charge in [0.05, 0.1) is 17.4 Å². The highest BCUT2D eigenvalue weighted by Gasteiger charge is 2.24. The number of thiocarbonyl (C=S) groups is 1. The first-order valence-electron chi connectivity index (χ1n) is 13.0. The number of ketones is 2. The molecule has 0 aromatic heterocycles. The Bertz CT molecular complexity index is 1170. The van der Waals surface area contributed by atoms with E-state index in [1.807, 2.05) is 107 Å². The Hall–Kier alpha value is -2.74. The lowest BCUT2D eigenvalue weighted by Crippen LogP contribution is -2.27. The van der Waals surface area contributed by atoms with Gasteiger partial charge in [0.1, 0.15) is 17.2 Å². The van der Waals surface area contributed by atoms with Crippen molar-refractivity contribution in [2.45, 2.75) is 75.0 Å². The van der Waals surface area contributed by atoms with Gasteiger partial charge in [0.25, 0.3) is 0 Å². The van der Waals surface area contributed by atoms with E-state index in [0.29, 0.717) is 5.75 Å². The normalized spacial score (nSPS) is 11.1. The van der Waals surface area contributed by atoms with Crippen LogP contribution in [0.25, 0.3) is 0 Å². The summed E-state index contributed by atoms with van der Waals surface area (Å²) in [5.74, 6) is 0.444. The van der Waals surface area contributed by atoms with Gasteiger partial charge in [-0.2, -0.15) is 0 Å². The second kappa shape index (κ2) is 19.4. The molecule has 0 bridgehead atoms. The fourth-order valence-corrected chi connectivity index (χ4v) is 4.97. The zero-order valence-electron chi connectivity index (χ0n) is 24.2. The fourth-order valence-electron chi connectivity index (χ4n) is 3.05. The van der Waals surface area contributed by atoms with Crippen LogP contribution in [-0.4, -0.2) is 39.0 Å². The zero-order chi connectivity index (χ0) is 30.0. The van der Waals surface area contributed by atoms with Crippen LogP contribution in [0.4, 0.5) is 0 Å². The van der Waals surface area contributed by atoms with Crippen molar-refractivity contribution < 1.29 is 19.1 Å². The topological polar surface area (TPSA) is 60.4 Å². The molecule has 40 heavy (non-hydrogen) atoms. The first-order chi connectivity index (χ1) is 18.9. The van der Waals surface area contributed by atoms with E-state index in [2.05, 4.69) is 12.1 Å². The van der Waals surface area contributed by atoms with E-state index in [0.717, 1.165) is 21.1 Å². The lowest BCUT2D eigenvalue weighted by atomic mass is 10.1. The summed E-state index contributed by atoms with van der Waals surface area (Å²) in [4.78, 5) is 37.2. The monoisotopic (exact) mass is 596 g/mol. The first-order valence-corrected chi connectivity index (χ1v) is 15.3. The highest BCUT2D eigenvalue weighted by molar-refractivity contribution is 8.00. The van der Waals surface area contributed by atoms with Crippen LogP contribution in [0.5, 0.6) is 0 Å². The number of rotatable bonds is 10. The maximum absolute atomic E-state index is 11.8. The molecule has 0 aliphatic heterocycles. The number of benzene rings is 3. The van der Waals surface area contributed by atoms with E-state index in [1.54, 1.807) is 18.7 Å². The smallest absolute Gasteiger partial charge is 0.307 e. The van der Waals surface area contributed by atoms with E-state index >= 15 is 0 Å². The second-order valence-corrected chi connectivity index (χ2v) is 13.0. The summed E-state index contributed by atoms with van der Waals surface area (Å²) in [5.41, 5.74) is 0.783. The quantitative estimate of drug-likeness (QED) is 0.132. The molecule has 1 unspecified atom stereocenters. The molecule has 0 amide bonds. The molecule has 3 aromatic carbocycles. The third-order valence-electron chi connectivity index (χ3n) is 4.73. The van der Waals surface area contributed by atoms with Gasteiger partial charge in [-0.25, -0.2) is 0 Å². The molecule has 1 atom stereocenters. The molecule has 214 valence electrons. The average molecular weight is 597 g/mol. The molecule has 0 heterocycles. The summed E-state index contributed by atoms with van der Waals surface area (Å²) in [7, 11) is 0. The predicted molar refractivity (Wildman–Crippen MR) is 173 cm³/mol. The van der Waals surface area contributed by atoms with E-state index in [9.17, 15) is 14.4 Å². The summed E-state index contributed by atoms with van der Waals surface area (Å²) in [6.45, 7) is 10.5. The highest BCUT2D eigenvalue weighted by Crippen LogP contribution is 2.26. The van der Waals surface area contributed by atoms with Gasteiger partial charge in [-0.15, -0.1) is 23.5 Å². The lowest BCUT2D eigenvalue weighted by molar-refractivity contribution is -0.155. The molecule has 3 rings (SSSR count). The number of ether oxygens (including phenoxy) is 1. The van der Waals surface area contributed by atoms with Gasteiger partial charge < -0.3 is 4.74 Å². The third kappa shape index (κ3) is 18.5. The maximum Gasteiger partial charge on any atom is 0.307 e. The minimum absolute atomic E-state index is 0.0142. The predicted octanol–water partition coefficient (Wildman–Crippen LogP) is 8.45. The molecule has 0 aliphatic rings. The Morgan fingerprint density at radius 3 is 1.68 bits per heavy atom. The molecular formula is C33H40O4S3. The highest BCUT2D eigenvalue weighted by atomic mass is 32.2. The van der Waals surface area contributed by atoms with Gasteiger partial charge in [0, 0.05) is 16.2 Å². The molecule has 4 nitrogen and oxygen atoms in total. The van der Waals surface area contributed by atoms with Crippen molar-refractivity contribution >= 4 is 58.1 Å². The lowest BCUT2D eigenvalue weighted by Gasteiger charge is -2.21. The third-order valence-corrected chi connectivity index (χ3v) is 7.36. The van der Waals surface area contributed by atoms with E-state index in [1.165, 1.54) is 24.2 Å². The van der Waals surface area contributed by atoms with Crippen LogP contribution in [0.15, 0.2) is 101 Å². The van der Waals surface area contributed by atoms with Gasteiger partial charge in [-0.1, -0.05) is 78.9 Å². The number of carbonyl (C=O) groups excluding carboxylic acids is 3. The maximum atomic E-state index is 11.8. The van der Waals surface area contributed by atoms with Crippen LogP contribution in [-0.2, 0) is 25.5 Å². The summed E-state index contributed by atoms with van der Waals surface area (Å²) in [5, 5.41) is -0.391. The van der Waals surface area contributed by atoms with Crippen molar-refractivity contribution in [2.24, 2.45) is 0 Å². The summed E-state index contributed by atoms with van der Waals surface area (Å²) >= 11 is 7.96. The van der Waals surface area contributed by atoms with Crippen molar-refractivity contribution in [3.05, 3.63) is 96.6 Å². The standard InChI is InChI=1S/C15H20O3S.C9H10OS.C9H10S/c1-11(16)13(10-14(17)18-15(2,3)4)19-12-8-6-5-7-9-12;1-8(10)7-11-9-5-3-2-4-6-9;1-8(10)7-9-5-3-2-4-6-9/h5-9,13H,10H2,1-4H3;2-6H,7H2,1H3;2-6H,7H2,1H3. The summed E-state index contributed by atoms with van der Waals surface area (Å²) < 4.78 is 5.25. The van der Waals surface area contributed by atoms with Crippen molar-refractivity contribution in [3.8, 4) is 0 Å². The average Bonchev–Trinajstić information content (AvgIpc) is 2.88. The Morgan fingerprint density at radius 1 is 0.775 bits per heavy atom. The minimum atomic E-state index is -0.518. The molecule has 3 aromatic rings. The molecule has 7 heteroatoms. The Kier molecular flexibility index (Phi) is 17.1. The van der Waals surface area contributed by atoms with E-state index in [4.69, 9.17) is 17.0 Å². The number of hydrogen-bond donors (Lipinski definition) is 0. The molecule has 0 fully saturated rings. The molecule has 0 aliphatic carbocycles. The molecular weight excluding hydrogens is 557 g/mol. The van der Waals surface area contributed by atoms with Crippen molar-refractivity contribution in [1.82, 2.24) is 0 Å². The molecule has 0 saturated heterocycles. The van der Waals surface area contributed by atoms with Crippen LogP contribution in [0.3, 0.4) is 0 Å². The first kappa shape index (κ1) is 35.3. The van der Waals surface area contributed by atoms with Gasteiger partial charge in [-0.05, 0) is 76.2 Å². The number of esters is 1. The zero-order valence-corrected chi connectivity index (χ0v) is 26.7. The second-order valence-electron chi connectivity index (χ2n) is 9.99. The largest absolute Gasteiger partial charge is 0.460 e. The van der Waals surface area contributed by atoms with Crippen LogP contribution in [0.1, 0.15) is 53.5 Å². The number of Topliss-reactive ketones (excluding diaryl/α,β-unsaturated/α-hetero) is 2. The van der Waals surface area contributed by atoms with Crippen molar-refractivity contribution in [3.63, 3.8) is 0 Å². The number of thioether (sulfide) groups is 2. The summed E-state index contributed by atoms with van der Waals surface area (Å²) in [6, 6.07) is 29.8. The van der Waals surface area contributed by atoms with Gasteiger partial charge in [0.15, 0.2) is 0 Å². The molecule has 0 spiro atoms. The van der Waals surface area contributed by atoms with Crippen LogP contribution < -0.4 is 0 Å². The van der Waals surface area contributed by atoms with Crippen LogP contribution >= 0.6 is 35.7 Å². The molecule has 0 saturated carbocycles. The van der Waals surface area contributed by atoms with Crippen molar-refractivity contribution in [1.29, 1.82) is 0 Å². The summed E-state index contributed by atoms with van der Waals surface area (Å²) in [6.07, 6.45) is 1.03. The minimum Gasteiger partial charge on any atom is -0.460 e. The van der Waals surface area contributed by atoms with Crippen LogP contribution in [0.2, 0.25) is 0 Å². The Balaban J connectivity index is 0.000000323. The van der Waals surface area contributed by atoms with E-state index in [-0.39, 0.29) is 24.0 Å². The molecule has 0 radical (unpaired) electrons. The van der Waals surface area contributed by atoms with Gasteiger partial charge in [0.2, 0.25) is 0 Å². The van der Waals surface area contributed by atoms with Gasteiger partial charge in [-0.3, -0.25) is 14.4 Å². The van der Waals surface area contributed by atoms with Crippen LogP contribution in [0, 0.1) is 0 Å². The van der Waals surface area contributed by atoms with Gasteiger partial charge >= 0.3 is 5.97 Å². The number of carbonyl (C=O) groups is 3. The Morgan fingerprint density at radius 2 is 1.25 bits per heavy atom. The number of hydrogen-bond acceptors (Lipinski definition) is 7. The fraction of sp³-hybridized carbons (Fsp3) is 0.333. The van der Waals surface area contributed by atoms with E-state index < -0.39 is 10.9 Å². The Labute approximate surface area is 253 Å². The SMILES string of the molecule is CC(=O)C(CC(=O)OC(C)(C)C)Sc1ccccc1.CC(=O)CSc1ccccc1.CC(=S)Cc1ccccc1.